The minimum atomic E-state index is -0.363. The van der Waals surface area contributed by atoms with Crippen molar-refractivity contribution < 1.29 is 4.39 Å². The Hall–Kier alpha value is -1.39. The summed E-state index contributed by atoms with van der Waals surface area (Å²) >= 11 is 0. The Labute approximate surface area is 134 Å². The zero-order chi connectivity index (χ0) is 14.4. The van der Waals surface area contributed by atoms with Gasteiger partial charge >= 0.3 is 0 Å². The molecule has 1 aromatic heterocycles. The lowest BCUT2D eigenvalue weighted by Crippen LogP contribution is -2.36. The molecule has 0 amide bonds. The van der Waals surface area contributed by atoms with Gasteiger partial charge in [-0.2, -0.15) is 0 Å². The molecule has 4 rings (SSSR count). The molecule has 0 bridgehead atoms. The predicted octanol–water partition coefficient (Wildman–Crippen LogP) is 3.36. The van der Waals surface area contributed by atoms with Crippen molar-refractivity contribution in [3.63, 3.8) is 0 Å². The van der Waals surface area contributed by atoms with Gasteiger partial charge in [0.1, 0.15) is 5.82 Å². The largest absolute Gasteiger partial charge is 0.315 e. The maximum atomic E-state index is 14.4. The van der Waals surface area contributed by atoms with E-state index in [4.69, 9.17) is 0 Å². The van der Waals surface area contributed by atoms with Crippen LogP contribution >= 0.6 is 12.4 Å². The van der Waals surface area contributed by atoms with E-state index in [1.54, 1.807) is 10.6 Å². The lowest BCUT2D eigenvalue weighted by Gasteiger charge is -2.25. The second-order valence-corrected chi connectivity index (χ2v) is 6.27. The van der Waals surface area contributed by atoms with Gasteiger partial charge in [0, 0.05) is 18.8 Å². The molecule has 1 saturated carbocycles. The Morgan fingerprint density at radius 2 is 2.05 bits per heavy atom. The Kier molecular flexibility index (Phi) is 4.24. The summed E-state index contributed by atoms with van der Waals surface area (Å²) < 4.78 is 16.1. The first-order valence-electron chi connectivity index (χ1n) is 7.79. The topological polar surface area (TPSA) is 34.0 Å². The Morgan fingerprint density at radius 1 is 1.23 bits per heavy atom. The van der Waals surface area contributed by atoms with E-state index in [1.165, 1.54) is 0 Å². The Bertz CT molecular complexity index is 748. The third-order valence-corrected chi connectivity index (χ3v) is 4.72. The molecule has 2 aromatic rings. The quantitative estimate of drug-likeness (QED) is 0.920. The number of fused-ring (bicyclic) bond motifs is 1. The highest BCUT2D eigenvalue weighted by atomic mass is 35.5. The number of nitrogens with zero attached hydrogens (tertiary/aromatic N) is 1. The first-order valence-corrected chi connectivity index (χ1v) is 7.79. The molecule has 5 heteroatoms. The van der Waals surface area contributed by atoms with Gasteiger partial charge in [0.25, 0.3) is 5.56 Å². The normalized spacial score (nSPS) is 21.6. The molecule has 118 valence electrons. The number of piperidine rings is 1. The molecule has 1 aliphatic carbocycles. The highest BCUT2D eigenvalue weighted by Gasteiger charge is 2.25. The van der Waals surface area contributed by atoms with E-state index in [2.05, 4.69) is 5.32 Å². The van der Waals surface area contributed by atoms with Crippen LogP contribution in [0, 0.1) is 5.82 Å². The molecule has 22 heavy (non-hydrogen) atoms. The average Bonchev–Trinajstić information content (AvgIpc) is 3.32. The number of pyridine rings is 1. The summed E-state index contributed by atoms with van der Waals surface area (Å²) in [6.07, 6.45) is 6.13. The zero-order valence-electron chi connectivity index (χ0n) is 12.3. The van der Waals surface area contributed by atoms with E-state index < -0.39 is 0 Å². The average molecular weight is 323 g/mol. The monoisotopic (exact) mass is 322 g/mol. The lowest BCUT2D eigenvalue weighted by molar-refractivity contribution is 0.365. The SMILES string of the molecule is Cl.O=c1c2c(F)cc(C3CC3)cc2ccn1[C@@H]1CCCNC1. The molecule has 0 spiro atoms. The third kappa shape index (κ3) is 2.66. The minimum Gasteiger partial charge on any atom is -0.315 e. The van der Waals surface area contributed by atoms with E-state index in [1.807, 2.05) is 18.3 Å². The van der Waals surface area contributed by atoms with Crippen LogP contribution in [0.1, 0.15) is 43.2 Å². The number of hydrogen-bond donors (Lipinski definition) is 1. The maximum Gasteiger partial charge on any atom is 0.261 e. The number of rotatable bonds is 2. The number of halogens is 2. The van der Waals surface area contributed by atoms with Crippen LogP contribution in [0.3, 0.4) is 0 Å². The molecule has 1 saturated heterocycles. The van der Waals surface area contributed by atoms with Crippen LogP contribution < -0.4 is 10.9 Å². The fourth-order valence-corrected chi connectivity index (χ4v) is 3.38. The Balaban J connectivity index is 0.00000144. The van der Waals surface area contributed by atoms with Crippen LogP contribution in [0.5, 0.6) is 0 Å². The van der Waals surface area contributed by atoms with Crippen LogP contribution in [0.25, 0.3) is 10.8 Å². The number of aromatic nitrogens is 1. The van der Waals surface area contributed by atoms with Gasteiger partial charge < -0.3 is 9.88 Å². The van der Waals surface area contributed by atoms with Crippen molar-refractivity contribution >= 4 is 23.2 Å². The van der Waals surface area contributed by atoms with Crippen molar-refractivity contribution in [3.05, 3.63) is 46.1 Å². The molecular weight excluding hydrogens is 303 g/mol. The van der Waals surface area contributed by atoms with Crippen molar-refractivity contribution in [3.8, 4) is 0 Å². The summed E-state index contributed by atoms with van der Waals surface area (Å²) in [7, 11) is 0. The number of benzene rings is 1. The van der Waals surface area contributed by atoms with Crippen LogP contribution in [0.4, 0.5) is 4.39 Å². The predicted molar refractivity (Wildman–Crippen MR) is 88.5 cm³/mol. The smallest absolute Gasteiger partial charge is 0.261 e. The standard InChI is InChI=1S/C17H19FN2O.ClH/c18-15-9-13(11-3-4-11)8-12-5-7-20(17(21)16(12)15)14-2-1-6-19-10-14;/h5,7-9,11,14,19H,1-4,6,10H2;1H/t14-;/m1./s1. The lowest BCUT2D eigenvalue weighted by atomic mass is 10.0. The van der Waals surface area contributed by atoms with Crippen LogP contribution in [0.15, 0.2) is 29.2 Å². The highest BCUT2D eigenvalue weighted by Crippen LogP contribution is 2.41. The van der Waals surface area contributed by atoms with Crippen molar-refractivity contribution in [2.75, 3.05) is 13.1 Å². The fraction of sp³-hybridized carbons (Fsp3) is 0.471. The van der Waals surface area contributed by atoms with E-state index in [0.717, 1.165) is 49.7 Å². The molecule has 2 fully saturated rings. The van der Waals surface area contributed by atoms with E-state index in [-0.39, 0.29) is 35.2 Å². The number of nitrogens with one attached hydrogen (secondary N) is 1. The molecule has 1 aliphatic heterocycles. The summed E-state index contributed by atoms with van der Waals surface area (Å²) in [6, 6.07) is 5.57. The zero-order valence-corrected chi connectivity index (χ0v) is 13.2. The van der Waals surface area contributed by atoms with Gasteiger partial charge in [0.15, 0.2) is 0 Å². The molecule has 0 radical (unpaired) electrons. The summed E-state index contributed by atoms with van der Waals surface area (Å²) in [4.78, 5) is 12.6. The first-order chi connectivity index (χ1) is 10.2. The highest BCUT2D eigenvalue weighted by molar-refractivity contribution is 5.85. The van der Waals surface area contributed by atoms with Crippen molar-refractivity contribution in [1.29, 1.82) is 0 Å². The Morgan fingerprint density at radius 3 is 2.73 bits per heavy atom. The summed E-state index contributed by atoms with van der Waals surface area (Å²) in [6.45, 7) is 1.78. The van der Waals surface area contributed by atoms with Gasteiger partial charge in [0.2, 0.25) is 0 Å². The maximum absolute atomic E-state index is 14.4. The van der Waals surface area contributed by atoms with Crippen molar-refractivity contribution in [2.45, 2.75) is 37.6 Å². The van der Waals surface area contributed by atoms with Gasteiger partial charge in [-0.3, -0.25) is 4.79 Å². The molecule has 2 heterocycles. The minimum absolute atomic E-state index is 0. The van der Waals surface area contributed by atoms with E-state index in [9.17, 15) is 9.18 Å². The van der Waals surface area contributed by atoms with E-state index in [0.29, 0.717) is 5.92 Å². The van der Waals surface area contributed by atoms with Gasteiger partial charge in [0.05, 0.1) is 5.39 Å². The first kappa shape index (κ1) is 15.5. The van der Waals surface area contributed by atoms with Gasteiger partial charge in [-0.25, -0.2) is 4.39 Å². The molecule has 0 unspecified atom stereocenters. The molecule has 1 N–H and O–H groups in total. The molecular formula is C17H20ClFN2O. The third-order valence-electron chi connectivity index (χ3n) is 4.72. The van der Waals surface area contributed by atoms with Gasteiger partial charge in [-0.15, -0.1) is 12.4 Å². The van der Waals surface area contributed by atoms with Crippen molar-refractivity contribution in [2.24, 2.45) is 0 Å². The summed E-state index contributed by atoms with van der Waals surface area (Å²) in [5, 5.41) is 4.28. The summed E-state index contributed by atoms with van der Waals surface area (Å²) in [5.74, 6) is 0.131. The second kappa shape index (κ2) is 6.01. The molecule has 1 atom stereocenters. The van der Waals surface area contributed by atoms with Crippen LogP contribution in [0.2, 0.25) is 0 Å². The van der Waals surface area contributed by atoms with Crippen LogP contribution in [-0.4, -0.2) is 17.7 Å². The van der Waals surface area contributed by atoms with E-state index >= 15 is 0 Å². The summed E-state index contributed by atoms with van der Waals surface area (Å²) in [5.41, 5.74) is 0.845. The number of hydrogen-bond acceptors (Lipinski definition) is 2. The fourth-order valence-electron chi connectivity index (χ4n) is 3.38. The van der Waals surface area contributed by atoms with Gasteiger partial charge in [-0.05, 0) is 61.2 Å². The van der Waals surface area contributed by atoms with Crippen LogP contribution in [-0.2, 0) is 0 Å². The van der Waals surface area contributed by atoms with Gasteiger partial charge in [-0.1, -0.05) is 6.07 Å². The van der Waals surface area contributed by atoms with Crippen molar-refractivity contribution in [1.82, 2.24) is 9.88 Å². The molecule has 3 nitrogen and oxygen atoms in total. The molecule has 2 aliphatic rings. The molecule has 1 aromatic carbocycles. The second-order valence-electron chi connectivity index (χ2n) is 6.27.